The quantitative estimate of drug-likeness (QED) is 0.541. The third-order valence-corrected chi connectivity index (χ3v) is 7.67. The Balaban J connectivity index is 1.33. The van der Waals surface area contributed by atoms with Crippen LogP contribution in [0.15, 0.2) is 66.7 Å². The minimum Gasteiger partial charge on any atom is -0.497 e. The number of hydrogen-bond acceptors (Lipinski definition) is 4. The van der Waals surface area contributed by atoms with Gasteiger partial charge in [0.05, 0.1) is 18.9 Å². The van der Waals surface area contributed by atoms with Gasteiger partial charge in [-0.3, -0.25) is 24.2 Å². The Hall–Kier alpha value is -3.41. The topological polar surface area (TPSA) is 66.9 Å². The van der Waals surface area contributed by atoms with Crippen molar-refractivity contribution in [2.45, 2.75) is 6.42 Å². The molecule has 2 aromatic carbocycles. The number of carbonyl (C=O) groups is 3. The minimum absolute atomic E-state index is 0.0838. The van der Waals surface area contributed by atoms with Crippen LogP contribution in [0, 0.1) is 35.5 Å². The first kappa shape index (κ1) is 19.3. The van der Waals surface area contributed by atoms with Gasteiger partial charge in [0.2, 0.25) is 11.8 Å². The molecule has 4 aliphatic carbocycles. The summed E-state index contributed by atoms with van der Waals surface area (Å²) < 4.78 is 5.27. The van der Waals surface area contributed by atoms with Crippen molar-refractivity contribution in [2.24, 2.45) is 35.5 Å². The summed E-state index contributed by atoms with van der Waals surface area (Å²) in [6, 6.07) is 16.1. The van der Waals surface area contributed by atoms with Crippen molar-refractivity contribution in [1.82, 2.24) is 4.90 Å². The smallest absolute Gasteiger partial charge is 0.259 e. The van der Waals surface area contributed by atoms with Gasteiger partial charge in [0, 0.05) is 11.3 Å². The van der Waals surface area contributed by atoms with E-state index < -0.39 is 0 Å². The molecule has 2 bridgehead atoms. The number of nitrogens with zero attached hydrogens (tertiary/aromatic N) is 2. The monoisotopic (exact) mass is 428 g/mol. The fourth-order valence-corrected chi connectivity index (χ4v) is 6.08. The van der Waals surface area contributed by atoms with Crippen LogP contribution in [-0.2, 0) is 9.59 Å². The van der Waals surface area contributed by atoms with Crippen molar-refractivity contribution in [3.05, 3.63) is 72.3 Å². The van der Waals surface area contributed by atoms with Crippen LogP contribution in [0.2, 0.25) is 0 Å². The van der Waals surface area contributed by atoms with E-state index in [0.29, 0.717) is 28.8 Å². The second-order valence-corrected chi connectivity index (χ2v) is 9.20. The number of imide groups is 1. The molecule has 1 aliphatic heterocycles. The van der Waals surface area contributed by atoms with E-state index in [1.54, 1.807) is 31.4 Å². The number of benzene rings is 2. The van der Waals surface area contributed by atoms with Crippen LogP contribution >= 0.6 is 0 Å². The fourth-order valence-electron chi connectivity index (χ4n) is 6.08. The Morgan fingerprint density at radius 1 is 0.969 bits per heavy atom. The van der Waals surface area contributed by atoms with Crippen LogP contribution in [0.4, 0.5) is 5.69 Å². The van der Waals surface area contributed by atoms with Gasteiger partial charge in [-0.15, -0.1) is 0 Å². The number of methoxy groups -OCH3 is 1. The average Bonchev–Trinajstić information content (AvgIpc) is 3.62. The number of hydrogen-bond donors (Lipinski definition) is 0. The predicted molar refractivity (Wildman–Crippen MR) is 118 cm³/mol. The van der Waals surface area contributed by atoms with Crippen LogP contribution in [0.3, 0.4) is 0 Å². The number of anilines is 1. The van der Waals surface area contributed by atoms with E-state index in [4.69, 9.17) is 4.74 Å². The van der Waals surface area contributed by atoms with Crippen molar-refractivity contribution < 1.29 is 19.1 Å². The molecule has 3 fully saturated rings. The van der Waals surface area contributed by atoms with Crippen LogP contribution in [-0.4, -0.2) is 36.4 Å². The lowest BCUT2D eigenvalue weighted by molar-refractivity contribution is -0.140. The first-order valence-electron chi connectivity index (χ1n) is 11.1. The second kappa shape index (κ2) is 7.05. The zero-order chi connectivity index (χ0) is 22.0. The van der Waals surface area contributed by atoms with Crippen molar-refractivity contribution in [1.29, 1.82) is 0 Å². The van der Waals surface area contributed by atoms with Crippen LogP contribution in [0.1, 0.15) is 16.8 Å². The van der Waals surface area contributed by atoms with Gasteiger partial charge in [0.15, 0.2) is 0 Å². The molecule has 5 aliphatic rings. The molecule has 6 heteroatoms. The van der Waals surface area contributed by atoms with E-state index >= 15 is 0 Å². The summed E-state index contributed by atoms with van der Waals surface area (Å²) in [5, 5.41) is 0. The number of carbonyl (C=O) groups excluding carboxylic acids is 3. The molecule has 0 unspecified atom stereocenters. The van der Waals surface area contributed by atoms with E-state index in [0.717, 1.165) is 6.42 Å². The normalized spacial score (nSPS) is 31.3. The molecule has 32 heavy (non-hydrogen) atoms. The lowest BCUT2D eigenvalue weighted by Crippen LogP contribution is -2.45. The van der Waals surface area contributed by atoms with Crippen LogP contribution < -0.4 is 9.64 Å². The lowest BCUT2D eigenvalue weighted by Gasteiger charge is -2.37. The molecule has 1 saturated heterocycles. The fraction of sp³-hybridized carbons (Fsp3) is 0.346. The van der Waals surface area contributed by atoms with Gasteiger partial charge in [0.1, 0.15) is 12.4 Å². The third kappa shape index (κ3) is 2.75. The first-order valence-corrected chi connectivity index (χ1v) is 11.1. The van der Waals surface area contributed by atoms with Crippen molar-refractivity contribution in [2.75, 3.05) is 18.7 Å². The van der Waals surface area contributed by atoms with Gasteiger partial charge < -0.3 is 4.74 Å². The highest BCUT2D eigenvalue weighted by Gasteiger charge is 2.67. The molecule has 3 amide bonds. The molecule has 7 rings (SSSR count). The minimum atomic E-state index is -0.283. The van der Waals surface area contributed by atoms with Gasteiger partial charge >= 0.3 is 0 Å². The molecule has 0 N–H and O–H groups in total. The molecule has 0 radical (unpaired) electrons. The van der Waals surface area contributed by atoms with Crippen molar-refractivity contribution in [3.8, 4) is 5.75 Å². The van der Waals surface area contributed by atoms with Gasteiger partial charge in [-0.2, -0.15) is 0 Å². The summed E-state index contributed by atoms with van der Waals surface area (Å²) >= 11 is 0. The highest BCUT2D eigenvalue weighted by Crippen LogP contribution is 2.65. The Labute approximate surface area is 186 Å². The van der Waals surface area contributed by atoms with E-state index in [-0.39, 0.29) is 48.1 Å². The van der Waals surface area contributed by atoms with E-state index in [1.165, 1.54) is 9.80 Å². The third-order valence-electron chi connectivity index (χ3n) is 7.67. The van der Waals surface area contributed by atoms with E-state index in [1.807, 2.05) is 30.3 Å². The summed E-state index contributed by atoms with van der Waals surface area (Å²) in [5.74, 6) is 0.897. The zero-order valence-electron chi connectivity index (χ0n) is 17.8. The molecule has 0 aromatic heterocycles. The maximum absolute atomic E-state index is 13.5. The number of likely N-dealkylation sites (tertiary alicyclic amines) is 1. The highest BCUT2D eigenvalue weighted by atomic mass is 16.5. The van der Waals surface area contributed by atoms with Gasteiger partial charge in [-0.1, -0.05) is 36.4 Å². The largest absolute Gasteiger partial charge is 0.497 e. The average molecular weight is 428 g/mol. The highest BCUT2D eigenvalue weighted by molar-refractivity contribution is 6.10. The summed E-state index contributed by atoms with van der Waals surface area (Å²) in [5.41, 5.74) is 1.08. The summed E-state index contributed by atoms with van der Waals surface area (Å²) in [6.45, 7) is -0.0838. The number of ether oxygens (including phenoxy) is 1. The molecule has 0 spiro atoms. The maximum atomic E-state index is 13.5. The van der Waals surface area contributed by atoms with Gasteiger partial charge in [-0.05, 0) is 60.4 Å². The Kier molecular flexibility index (Phi) is 4.25. The molecule has 1 heterocycles. The SMILES string of the molecule is COc1cccc(C(=O)N(CN2C(=O)[C@@H]3[C@H]4C=C[C@H]([C@H]5C[C@H]45)[C@@H]3C2=O)c2ccccc2)c1. The molecular formula is C26H24N2O4. The molecule has 6 nitrogen and oxygen atoms in total. The number of allylic oxidation sites excluding steroid dienone is 2. The van der Waals surface area contributed by atoms with E-state index in [2.05, 4.69) is 12.2 Å². The molecule has 2 saturated carbocycles. The van der Waals surface area contributed by atoms with Gasteiger partial charge in [0.25, 0.3) is 5.91 Å². The standard InChI is InChI=1S/C26H24N2O4/c1-32-17-9-5-6-15(12-17)24(29)27(16-7-3-2-4-8-16)14-28-25(30)22-18-10-11-19(21-13-20(18)21)23(22)26(28)31/h2-12,18-23H,13-14H2,1H3/t18-,19+,20-,21-,22+,23-/m1/s1. The van der Waals surface area contributed by atoms with Crippen LogP contribution in [0.5, 0.6) is 5.75 Å². The molecular weight excluding hydrogens is 404 g/mol. The Morgan fingerprint density at radius 3 is 2.25 bits per heavy atom. The first-order chi connectivity index (χ1) is 15.6. The zero-order valence-corrected chi connectivity index (χ0v) is 17.8. The molecule has 6 atom stereocenters. The molecule has 2 aromatic rings. The summed E-state index contributed by atoms with van der Waals surface area (Å²) in [4.78, 5) is 43.3. The summed E-state index contributed by atoms with van der Waals surface area (Å²) in [6.07, 6.45) is 5.44. The summed E-state index contributed by atoms with van der Waals surface area (Å²) in [7, 11) is 1.55. The van der Waals surface area contributed by atoms with E-state index in [9.17, 15) is 14.4 Å². The van der Waals surface area contributed by atoms with Crippen molar-refractivity contribution in [3.63, 3.8) is 0 Å². The predicted octanol–water partition coefficient (Wildman–Crippen LogP) is 3.35. The molecule has 162 valence electrons. The maximum Gasteiger partial charge on any atom is 0.259 e. The van der Waals surface area contributed by atoms with Gasteiger partial charge in [-0.25, -0.2) is 0 Å². The second-order valence-electron chi connectivity index (χ2n) is 9.20. The Morgan fingerprint density at radius 2 is 1.62 bits per heavy atom. The number of amides is 3. The number of para-hydroxylation sites is 1. The number of rotatable bonds is 5. The lowest BCUT2D eigenvalue weighted by atomic mass is 9.63. The van der Waals surface area contributed by atoms with Crippen LogP contribution in [0.25, 0.3) is 0 Å². The Bertz CT molecular complexity index is 1110. The van der Waals surface area contributed by atoms with Crippen molar-refractivity contribution >= 4 is 23.4 Å².